The minimum Gasteiger partial charge on any atom is -0.387 e. The van der Waals surface area contributed by atoms with E-state index in [1.807, 2.05) is 30.3 Å². The lowest BCUT2D eigenvalue weighted by Crippen LogP contribution is -2.38. The molecule has 1 fully saturated rings. The van der Waals surface area contributed by atoms with Crippen LogP contribution < -0.4 is 5.69 Å². The Morgan fingerprint density at radius 1 is 1.29 bits per heavy atom. The lowest BCUT2D eigenvalue weighted by Gasteiger charge is -2.33. The molecule has 1 saturated heterocycles. The van der Waals surface area contributed by atoms with Crippen LogP contribution in [0.25, 0.3) is 0 Å². The first-order valence-electron chi connectivity index (χ1n) is 7.31. The van der Waals surface area contributed by atoms with Crippen LogP contribution in [0.5, 0.6) is 0 Å². The van der Waals surface area contributed by atoms with E-state index in [9.17, 15) is 9.90 Å². The van der Waals surface area contributed by atoms with Crippen LogP contribution >= 0.6 is 0 Å². The van der Waals surface area contributed by atoms with Crippen molar-refractivity contribution < 1.29 is 5.11 Å². The zero-order valence-electron chi connectivity index (χ0n) is 11.9. The first kappa shape index (κ1) is 14.0. The highest BCUT2D eigenvalue weighted by molar-refractivity contribution is 5.17. The van der Waals surface area contributed by atoms with Crippen LogP contribution in [0.2, 0.25) is 0 Å². The van der Waals surface area contributed by atoms with Gasteiger partial charge in [0.1, 0.15) is 6.33 Å². The molecule has 1 aromatic heterocycles. The van der Waals surface area contributed by atoms with Crippen molar-refractivity contribution in [2.45, 2.75) is 25.0 Å². The van der Waals surface area contributed by atoms with E-state index in [0.717, 1.165) is 31.5 Å². The number of aromatic nitrogens is 3. The molecule has 0 aliphatic carbocycles. The van der Waals surface area contributed by atoms with Crippen LogP contribution in [0.4, 0.5) is 0 Å². The zero-order valence-corrected chi connectivity index (χ0v) is 11.9. The topological polar surface area (TPSA) is 74.2 Å². The van der Waals surface area contributed by atoms with Gasteiger partial charge >= 0.3 is 5.69 Å². The van der Waals surface area contributed by atoms with Crippen LogP contribution in [-0.4, -0.2) is 44.4 Å². The largest absolute Gasteiger partial charge is 0.387 e. The van der Waals surface area contributed by atoms with Gasteiger partial charge in [0, 0.05) is 25.7 Å². The number of H-pyrrole nitrogens is 1. The van der Waals surface area contributed by atoms with Crippen molar-refractivity contribution in [3.05, 3.63) is 52.7 Å². The molecule has 1 aliphatic heterocycles. The summed E-state index contributed by atoms with van der Waals surface area (Å²) in [5.74, 6) is 0. The maximum absolute atomic E-state index is 11.6. The van der Waals surface area contributed by atoms with Crippen molar-refractivity contribution in [3.8, 4) is 0 Å². The molecule has 1 atom stereocenters. The Kier molecular flexibility index (Phi) is 4.17. The molecule has 1 aliphatic rings. The molecule has 1 aromatic carbocycles. The van der Waals surface area contributed by atoms with Crippen LogP contribution in [0.3, 0.4) is 0 Å². The minimum absolute atomic E-state index is 0.141. The number of piperidine rings is 1. The predicted octanol–water partition coefficient (Wildman–Crippen LogP) is 0.942. The molecule has 6 heteroatoms. The second-order valence-corrected chi connectivity index (χ2v) is 5.53. The SMILES string of the molecule is O=c1[nH]ncn1C1CCN(CC(O)c2ccccc2)CC1. The second kappa shape index (κ2) is 6.24. The molecule has 2 N–H and O–H groups in total. The third kappa shape index (κ3) is 3.22. The standard InChI is InChI=1S/C15H20N4O2/c20-14(12-4-2-1-3-5-12)10-18-8-6-13(7-9-18)19-11-16-17-15(19)21/h1-5,11,13-14,20H,6-10H2,(H,17,21). The molecule has 3 rings (SSSR count). The quantitative estimate of drug-likeness (QED) is 0.878. The van der Waals surface area contributed by atoms with Crippen LogP contribution in [0.1, 0.15) is 30.6 Å². The van der Waals surface area contributed by atoms with Gasteiger partial charge in [0.15, 0.2) is 0 Å². The summed E-state index contributed by atoms with van der Waals surface area (Å²) in [7, 11) is 0. The Morgan fingerprint density at radius 2 is 2.00 bits per heavy atom. The molecule has 112 valence electrons. The number of aromatic amines is 1. The third-order valence-corrected chi connectivity index (χ3v) is 4.14. The summed E-state index contributed by atoms with van der Waals surface area (Å²) in [6.45, 7) is 2.40. The Labute approximate surface area is 123 Å². The first-order chi connectivity index (χ1) is 10.2. The fourth-order valence-corrected chi connectivity index (χ4v) is 2.92. The van der Waals surface area contributed by atoms with Gasteiger partial charge in [0.05, 0.1) is 6.10 Å². The third-order valence-electron chi connectivity index (χ3n) is 4.14. The van der Waals surface area contributed by atoms with Gasteiger partial charge in [-0.25, -0.2) is 9.89 Å². The lowest BCUT2D eigenvalue weighted by atomic mass is 10.0. The smallest absolute Gasteiger partial charge is 0.343 e. The van der Waals surface area contributed by atoms with Gasteiger partial charge in [-0.05, 0) is 18.4 Å². The summed E-state index contributed by atoms with van der Waals surface area (Å²) in [6, 6.07) is 9.93. The van der Waals surface area contributed by atoms with E-state index in [2.05, 4.69) is 15.1 Å². The maximum atomic E-state index is 11.6. The molecule has 21 heavy (non-hydrogen) atoms. The van der Waals surface area contributed by atoms with E-state index in [4.69, 9.17) is 0 Å². The van der Waals surface area contributed by atoms with E-state index in [1.54, 1.807) is 10.9 Å². The summed E-state index contributed by atoms with van der Waals surface area (Å²) in [5.41, 5.74) is 0.809. The van der Waals surface area contributed by atoms with Crippen molar-refractivity contribution in [2.75, 3.05) is 19.6 Å². The fraction of sp³-hybridized carbons (Fsp3) is 0.467. The number of aliphatic hydroxyl groups excluding tert-OH is 1. The Morgan fingerprint density at radius 3 is 2.62 bits per heavy atom. The molecule has 0 radical (unpaired) electrons. The number of likely N-dealkylation sites (tertiary alicyclic amines) is 1. The summed E-state index contributed by atoms with van der Waals surface area (Å²) in [5, 5.41) is 16.5. The monoisotopic (exact) mass is 288 g/mol. The summed E-state index contributed by atoms with van der Waals surface area (Å²) >= 11 is 0. The molecule has 0 bridgehead atoms. The number of hydrogen-bond donors (Lipinski definition) is 2. The van der Waals surface area contributed by atoms with Gasteiger partial charge in [0.2, 0.25) is 0 Å². The number of β-amino-alcohol motifs (C(OH)–C–C–N with tert-alkyl or cyclic N) is 1. The molecule has 6 nitrogen and oxygen atoms in total. The van der Waals surface area contributed by atoms with Gasteiger partial charge in [-0.1, -0.05) is 30.3 Å². The van der Waals surface area contributed by atoms with Crippen molar-refractivity contribution in [1.82, 2.24) is 19.7 Å². The number of rotatable bonds is 4. The Balaban J connectivity index is 1.54. The van der Waals surface area contributed by atoms with Gasteiger partial charge < -0.3 is 10.0 Å². The molecule has 2 heterocycles. The number of hydrogen-bond acceptors (Lipinski definition) is 4. The van der Waals surface area contributed by atoms with Gasteiger partial charge in [-0.2, -0.15) is 5.10 Å². The number of nitrogens with zero attached hydrogens (tertiary/aromatic N) is 3. The van der Waals surface area contributed by atoms with E-state index < -0.39 is 6.10 Å². The van der Waals surface area contributed by atoms with Crippen LogP contribution in [0, 0.1) is 0 Å². The molecule has 0 amide bonds. The summed E-state index contributed by atoms with van der Waals surface area (Å²) < 4.78 is 1.67. The normalized spacial score (nSPS) is 18.7. The first-order valence-corrected chi connectivity index (χ1v) is 7.31. The van der Waals surface area contributed by atoms with Crippen molar-refractivity contribution in [1.29, 1.82) is 0 Å². The summed E-state index contributed by atoms with van der Waals surface area (Å²) in [6.07, 6.45) is 2.92. The van der Waals surface area contributed by atoms with Crippen molar-refractivity contribution >= 4 is 0 Å². The van der Waals surface area contributed by atoms with E-state index in [0.29, 0.717) is 6.54 Å². The number of nitrogens with one attached hydrogen (secondary N) is 1. The predicted molar refractivity (Wildman–Crippen MR) is 79.0 cm³/mol. The molecule has 0 spiro atoms. The highest BCUT2D eigenvalue weighted by Gasteiger charge is 2.23. The Hall–Kier alpha value is -1.92. The summed E-state index contributed by atoms with van der Waals surface area (Å²) in [4.78, 5) is 13.8. The second-order valence-electron chi connectivity index (χ2n) is 5.53. The van der Waals surface area contributed by atoms with E-state index >= 15 is 0 Å². The minimum atomic E-state index is -0.459. The highest BCUT2D eigenvalue weighted by atomic mass is 16.3. The average molecular weight is 288 g/mol. The van der Waals surface area contributed by atoms with E-state index in [-0.39, 0.29) is 11.7 Å². The molecular weight excluding hydrogens is 268 g/mol. The average Bonchev–Trinajstić information content (AvgIpc) is 2.95. The lowest BCUT2D eigenvalue weighted by molar-refractivity contribution is 0.0901. The molecule has 2 aromatic rings. The Bertz CT molecular complexity index is 614. The van der Waals surface area contributed by atoms with Crippen LogP contribution in [0.15, 0.2) is 41.5 Å². The van der Waals surface area contributed by atoms with Crippen LogP contribution in [-0.2, 0) is 0 Å². The number of aliphatic hydroxyl groups is 1. The van der Waals surface area contributed by atoms with Gasteiger partial charge in [-0.3, -0.25) is 4.57 Å². The van der Waals surface area contributed by atoms with Gasteiger partial charge in [0.25, 0.3) is 0 Å². The highest BCUT2D eigenvalue weighted by Crippen LogP contribution is 2.22. The molecule has 0 saturated carbocycles. The maximum Gasteiger partial charge on any atom is 0.343 e. The van der Waals surface area contributed by atoms with Gasteiger partial charge in [-0.15, -0.1) is 0 Å². The van der Waals surface area contributed by atoms with E-state index in [1.165, 1.54) is 0 Å². The molecule has 1 unspecified atom stereocenters. The molecular formula is C15H20N4O2. The number of benzene rings is 1. The zero-order chi connectivity index (χ0) is 14.7. The van der Waals surface area contributed by atoms with Crippen molar-refractivity contribution in [2.24, 2.45) is 0 Å². The fourth-order valence-electron chi connectivity index (χ4n) is 2.92. The van der Waals surface area contributed by atoms with Crippen molar-refractivity contribution in [3.63, 3.8) is 0 Å².